The molecule has 0 heterocycles. The van der Waals surface area contributed by atoms with Crippen molar-refractivity contribution in [3.05, 3.63) is 34.6 Å². The third kappa shape index (κ3) is 2.48. The lowest BCUT2D eigenvalue weighted by molar-refractivity contribution is 0.412. The Labute approximate surface area is 80.5 Å². The van der Waals surface area contributed by atoms with Gasteiger partial charge in [-0.05, 0) is 37.3 Å². The van der Waals surface area contributed by atoms with Gasteiger partial charge in [0.05, 0.1) is 0 Å². The van der Waals surface area contributed by atoms with Crippen molar-refractivity contribution in [2.75, 3.05) is 0 Å². The van der Waals surface area contributed by atoms with Crippen LogP contribution in [0.1, 0.15) is 34.1 Å². The molecule has 72 valence electrons. The zero-order valence-electron chi connectivity index (χ0n) is 8.89. The summed E-state index contributed by atoms with van der Waals surface area (Å²) >= 11 is 0. The molecule has 0 aliphatic heterocycles. The maximum Gasteiger partial charge on any atom is 0.121 e. The second-order valence-electron chi connectivity index (χ2n) is 4.14. The predicted octanol–water partition coefficient (Wildman–Crippen LogP) is 3.75. The fourth-order valence-electron chi connectivity index (χ4n) is 1.67. The van der Waals surface area contributed by atoms with Gasteiger partial charge in [0.15, 0.2) is 0 Å². The van der Waals surface area contributed by atoms with Gasteiger partial charge >= 0.3 is 0 Å². The summed E-state index contributed by atoms with van der Waals surface area (Å²) in [7, 11) is 0. The number of allylic oxidation sites excluding steroid dienone is 5. The summed E-state index contributed by atoms with van der Waals surface area (Å²) in [6.45, 7) is 8.31. The number of aliphatic hydroxyl groups excluding tert-OH is 1. The van der Waals surface area contributed by atoms with E-state index in [-0.39, 0.29) is 0 Å². The van der Waals surface area contributed by atoms with Gasteiger partial charge < -0.3 is 5.11 Å². The number of hydrogen-bond acceptors (Lipinski definition) is 1. The first kappa shape index (κ1) is 10.1. The van der Waals surface area contributed by atoms with Crippen LogP contribution in [-0.4, -0.2) is 5.11 Å². The number of rotatable bonds is 1. The molecule has 0 atom stereocenters. The molecule has 1 heteroatoms. The third-order valence-corrected chi connectivity index (χ3v) is 2.14. The van der Waals surface area contributed by atoms with Gasteiger partial charge in [-0.15, -0.1) is 0 Å². The molecule has 1 aliphatic carbocycles. The normalized spacial score (nSPS) is 21.3. The van der Waals surface area contributed by atoms with E-state index in [9.17, 15) is 5.11 Å². The van der Waals surface area contributed by atoms with Crippen LogP contribution in [0.2, 0.25) is 0 Å². The molecule has 0 aromatic carbocycles. The highest BCUT2D eigenvalue weighted by atomic mass is 16.3. The summed E-state index contributed by atoms with van der Waals surface area (Å²) in [5, 5.41) is 9.77. The van der Waals surface area contributed by atoms with Gasteiger partial charge in [-0.25, -0.2) is 0 Å². The van der Waals surface area contributed by atoms with Crippen LogP contribution in [0.4, 0.5) is 0 Å². The molecule has 1 rings (SSSR count). The van der Waals surface area contributed by atoms with Gasteiger partial charge in [-0.1, -0.05) is 31.6 Å². The van der Waals surface area contributed by atoms with E-state index >= 15 is 0 Å². The summed E-state index contributed by atoms with van der Waals surface area (Å²) in [6.07, 6.45) is 5.07. The van der Waals surface area contributed by atoms with Crippen molar-refractivity contribution in [1.82, 2.24) is 0 Å². The van der Waals surface area contributed by atoms with Gasteiger partial charge in [0.1, 0.15) is 5.76 Å². The Morgan fingerprint density at radius 3 is 2.54 bits per heavy atom. The molecule has 1 nitrogen and oxygen atoms in total. The second-order valence-corrected chi connectivity index (χ2v) is 4.14. The molecule has 1 N–H and O–H groups in total. The van der Waals surface area contributed by atoms with E-state index in [2.05, 4.69) is 26.8 Å². The maximum atomic E-state index is 9.77. The molecule has 0 saturated heterocycles. The highest BCUT2D eigenvalue weighted by Crippen LogP contribution is 2.27. The van der Waals surface area contributed by atoms with Crippen LogP contribution in [0.5, 0.6) is 0 Å². The molecule has 0 fully saturated rings. The maximum absolute atomic E-state index is 9.77. The largest absolute Gasteiger partial charge is 0.507 e. The Hall–Kier alpha value is -0.980. The van der Waals surface area contributed by atoms with E-state index in [1.54, 1.807) is 0 Å². The molecule has 0 bridgehead atoms. The lowest BCUT2D eigenvalue weighted by Crippen LogP contribution is -2.01. The molecule has 13 heavy (non-hydrogen) atoms. The van der Waals surface area contributed by atoms with E-state index in [1.807, 2.05) is 13.0 Å². The Morgan fingerprint density at radius 2 is 2.00 bits per heavy atom. The molecule has 0 unspecified atom stereocenters. The minimum Gasteiger partial charge on any atom is -0.507 e. The number of hydrogen-bond donors (Lipinski definition) is 1. The molecule has 0 spiro atoms. The second kappa shape index (κ2) is 3.82. The van der Waals surface area contributed by atoms with Crippen LogP contribution in [0.15, 0.2) is 34.6 Å². The molecular weight excluding hydrogens is 160 g/mol. The van der Waals surface area contributed by atoms with Crippen molar-refractivity contribution in [2.45, 2.75) is 34.1 Å². The molecule has 0 aromatic heterocycles. The standard InChI is InChI=1S/C12H18O/c1-8(2)5-11-7-9(3)6-10(4)12(11)13/h5-6,8,13H,7H2,1-4H3. The van der Waals surface area contributed by atoms with Crippen molar-refractivity contribution in [2.24, 2.45) is 5.92 Å². The molecule has 1 aliphatic rings. The van der Waals surface area contributed by atoms with Gasteiger partial charge in [0.2, 0.25) is 0 Å². The first-order valence-corrected chi connectivity index (χ1v) is 4.78. The SMILES string of the molecule is CC1=CC(C)=C(O)C(=CC(C)C)C1. The summed E-state index contributed by atoms with van der Waals surface area (Å²) in [6, 6.07) is 0. The van der Waals surface area contributed by atoms with Gasteiger partial charge in [-0.3, -0.25) is 0 Å². The Balaban J connectivity index is 3.00. The Morgan fingerprint density at radius 1 is 1.38 bits per heavy atom. The van der Waals surface area contributed by atoms with Crippen LogP contribution in [-0.2, 0) is 0 Å². The van der Waals surface area contributed by atoms with Crippen molar-refractivity contribution >= 4 is 0 Å². The predicted molar refractivity (Wildman–Crippen MR) is 56.6 cm³/mol. The van der Waals surface area contributed by atoms with E-state index < -0.39 is 0 Å². The summed E-state index contributed by atoms with van der Waals surface area (Å²) in [5.74, 6) is 0.968. The summed E-state index contributed by atoms with van der Waals surface area (Å²) in [5.41, 5.74) is 3.38. The van der Waals surface area contributed by atoms with E-state index in [0.717, 1.165) is 17.6 Å². The first-order valence-electron chi connectivity index (χ1n) is 4.78. The van der Waals surface area contributed by atoms with Gasteiger partial charge in [0.25, 0.3) is 0 Å². The zero-order chi connectivity index (χ0) is 10.0. The molecule has 0 amide bonds. The monoisotopic (exact) mass is 178 g/mol. The van der Waals surface area contributed by atoms with Crippen LogP contribution < -0.4 is 0 Å². The van der Waals surface area contributed by atoms with Crippen LogP contribution in [0.3, 0.4) is 0 Å². The molecule has 0 saturated carbocycles. The zero-order valence-corrected chi connectivity index (χ0v) is 8.89. The molecule has 0 aromatic rings. The van der Waals surface area contributed by atoms with Crippen molar-refractivity contribution in [3.8, 4) is 0 Å². The lowest BCUT2D eigenvalue weighted by Gasteiger charge is -2.16. The van der Waals surface area contributed by atoms with E-state index in [0.29, 0.717) is 11.7 Å². The molecular formula is C12H18O. The Bertz CT molecular complexity index is 290. The smallest absolute Gasteiger partial charge is 0.121 e. The van der Waals surface area contributed by atoms with Gasteiger partial charge in [0, 0.05) is 0 Å². The van der Waals surface area contributed by atoms with Crippen molar-refractivity contribution in [3.63, 3.8) is 0 Å². The lowest BCUT2D eigenvalue weighted by atomic mass is 9.93. The van der Waals surface area contributed by atoms with Crippen LogP contribution in [0.25, 0.3) is 0 Å². The minimum atomic E-state index is 0.472. The highest BCUT2D eigenvalue weighted by Gasteiger charge is 2.12. The quantitative estimate of drug-likeness (QED) is 0.648. The first-order chi connectivity index (χ1) is 6.00. The van der Waals surface area contributed by atoms with E-state index in [4.69, 9.17) is 0 Å². The third-order valence-electron chi connectivity index (χ3n) is 2.14. The fourth-order valence-corrected chi connectivity index (χ4v) is 1.67. The number of aliphatic hydroxyl groups is 1. The molecule has 0 radical (unpaired) electrons. The van der Waals surface area contributed by atoms with Crippen molar-refractivity contribution < 1.29 is 5.11 Å². The highest BCUT2D eigenvalue weighted by molar-refractivity contribution is 5.42. The summed E-state index contributed by atoms with van der Waals surface area (Å²) < 4.78 is 0. The fraction of sp³-hybridized carbons (Fsp3) is 0.500. The van der Waals surface area contributed by atoms with Crippen LogP contribution in [0, 0.1) is 5.92 Å². The average Bonchev–Trinajstić information content (AvgIpc) is 1.98. The van der Waals surface area contributed by atoms with Crippen LogP contribution >= 0.6 is 0 Å². The summed E-state index contributed by atoms with van der Waals surface area (Å²) in [4.78, 5) is 0. The average molecular weight is 178 g/mol. The van der Waals surface area contributed by atoms with Gasteiger partial charge in [-0.2, -0.15) is 0 Å². The topological polar surface area (TPSA) is 20.2 Å². The Kier molecular flexibility index (Phi) is 2.97. The minimum absolute atomic E-state index is 0.472. The van der Waals surface area contributed by atoms with E-state index in [1.165, 1.54) is 5.57 Å². The van der Waals surface area contributed by atoms with Crippen molar-refractivity contribution in [1.29, 1.82) is 0 Å².